The third kappa shape index (κ3) is 5.47. The second kappa shape index (κ2) is 9.92. The second-order valence-electron chi connectivity index (χ2n) is 7.09. The summed E-state index contributed by atoms with van der Waals surface area (Å²) in [6.07, 6.45) is 8.38. The fraction of sp³-hybridized carbons (Fsp3) is 0.333. The van der Waals surface area contributed by atoms with Crippen LogP contribution in [0.2, 0.25) is 0 Å². The molecule has 3 rings (SSSR count). The number of carbonyl (C=O) groups excluding carboxylic acids is 2. The van der Waals surface area contributed by atoms with Gasteiger partial charge < -0.3 is 14.2 Å². The Morgan fingerprint density at radius 3 is 2.24 bits per heavy atom. The number of hydrogen-bond acceptors (Lipinski definition) is 5. The zero-order chi connectivity index (χ0) is 20.6. The molecule has 0 bridgehead atoms. The molecule has 0 atom stereocenters. The van der Waals surface area contributed by atoms with Crippen LogP contribution in [0.1, 0.15) is 48.0 Å². The maximum Gasteiger partial charge on any atom is 0.314 e. The molecule has 5 heteroatoms. The van der Waals surface area contributed by atoms with Gasteiger partial charge in [-0.05, 0) is 60.9 Å². The molecule has 0 aliphatic heterocycles. The number of rotatable bonds is 7. The third-order valence-electron chi connectivity index (χ3n) is 5.13. The number of allylic oxidation sites excluding steroid dienone is 1. The molecule has 29 heavy (non-hydrogen) atoms. The summed E-state index contributed by atoms with van der Waals surface area (Å²) in [6.45, 7) is 0. The highest BCUT2D eigenvalue weighted by atomic mass is 16.5. The van der Waals surface area contributed by atoms with Crippen LogP contribution in [0.25, 0.3) is 6.08 Å². The van der Waals surface area contributed by atoms with Gasteiger partial charge >= 0.3 is 5.97 Å². The Labute approximate surface area is 171 Å². The summed E-state index contributed by atoms with van der Waals surface area (Å²) >= 11 is 0. The van der Waals surface area contributed by atoms with Crippen molar-refractivity contribution in [2.45, 2.75) is 32.1 Å². The van der Waals surface area contributed by atoms with E-state index >= 15 is 0 Å². The van der Waals surface area contributed by atoms with Gasteiger partial charge in [-0.1, -0.05) is 31.4 Å². The quantitative estimate of drug-likeness (QED) is 0.283. The average Bonchev–Trinajstić information content (AvgIpc) is 2.78. The molecule has 0 amide bonds. The Hall–Kier alpha value is -3.08. The Kier molecular flexibility index (Phi) is 7.06. The highest BCUT2D eigenvalue weighted by Gasteiger charge is 2.22. The molecule has 152 valence electrons. The first-order valence-electron chi connectivity index (χ1n) is 9.87. The molecule has 1 fully saturated rings. The van der Waals surface area contributed by atoms with Crippen LogP contribution >= 0.6 is 0 Å². The van der Waals surface area contributed by atoms with Crippen molar-refractivity contribution in [3.05, 3.63) is 59.7 Å². The van der Waals surface area contributed by atoms with Gasteiger partial charge in [0.1, 0.15) is 5.75 Å². The van der Waals surface area contributed by atoms with Crippen molar-refractivity contribution in [1.82, 2.24) is 0 Å². The lowest BCUT2D eigenvalue weighted by molar-refractivity contribution is -0.139. The number of ketones is 1. The van der Waals surface area contributed by atoms with Crippen molar-refractivity contribution in [2.24, 2.45) is 5.92 Å². The number of benzene rings is 2. The van der Waals surface area contributed by atoms with Crippen LogP contribution in [0.5, 0.6) is 17.2 Å². The van der Waals surface area contributed by atoms with E-state index < -0.39 is 0 Å². The minimum Gasteiger partial charge on any atom is -0.493 e. The predicted octanol–water partition coefficient (Wildman–Crippen LogP) is 5.09. The lowest BCUT2D eigenvalue weighted by Gasteiger charge is -2.19. The average molecular weight is 394 g/mol. The van der Waals surface area contributed by atoms with Crippen LogP contribution < -0.4 is 14.2 Å². The molecule has 2 aromatic rings. The van der Waals surface area contributed by atoms with Gasteiger partial charge in [-0.15, -0.1) is 0 Å². The van der Waals surface area contributed by atoms with Crippen molar-refractivity contribution in [3.63, 3.8) is 0 Å². The van der Waals surface area contributed by atoms with E-state index in [0.29, 0.717) is 22.8 Å². The molecule has 0 radical (unpaired) electrons. The molecule has 0 spiro atoms. The largest absolute Gasteiger partial charge is 0.493 e. The molecule has 0 aromatic heterocycles. The summed E-state index contributed by atoms with van der Waals surface area (Å²) in [4.78, 5) is 24.7. The lowest BCUT2D eigenvalue weighted by atomic mass is 9.89. The van der Waals surface area contributed by atoms with E-state index in [1.54, 1.807) is 56.7 Å². The van der Waals surface area contributed by atoms with Gasteiger partial charge in [0.05, 0.1) is 20.1 Å². The maximum absolute atomic E-state index is 12.4. The van der Waals surface area contributed by atoms with Crippen molar-refractivity contribution in [2.75, 3.05) is 14.2 Å². The number of carbonyl (C=O) groups is 2. The fourth-order valence-electron chi connectivity index (χ4n) is 3.45. The van der Waals surface area contributed by atoms with E-state index in [1.807, 2.05) is 6.07 Å². The first-order valence-corrected chi connectivity index (χ1v) is 9.87. The fourth-order valence-corrected chi connectivity index (χ4v) is 3.45. The Morgan fingerprint density at radius 1 is 0.897 bits per heavy atom. The van der Waals surface area contributed by atoms with Gasteiger partial charge in [0.15, 0.2) is 17.3 Å². The molecule has 0 saturated heterocycles. The normalized spacial score (nSPS) is 14.6. The molecule has 5 nitrogen and oxygen atoms in total. The van der Waals surface area contributed by atoms with E-state index in [1.165, 1.54) is 12.5 Å². The summed E-state index contributed by atoms with van der Waals surface area (Å²) < 4.78 is 16.0. The highest BCUT2D eigenvalue weighted by molar-refractivity contribution is 6.06. The number of methoxy groups -OCH3 is 2. The van der Waals surface area contributed by atoms with E-state index in [-0.39, 0.29) is 17.7 Å². The molecule has 2 aromatic carbocycles. The molecular formula is C24H26O5. The molecule has 1 aliphatic carbocycles. The lowest BCUT2D eigenvalue weighted by Crippen LogP contribution is -2.22. The summed E-state index contributed by atoms with van der Waals surface area (Å²) in [5.41, 5.74) is 1.35. The van der Waals surface area contributed by atoms with Crippen molar-refractivity contribution < 1.29 is 23.8 Å². The zero-order valence-electron chi connectivity index (χ0n) is 16.9. The van der Waals surface area contributed by atoms with Crippen LogP contribution in [-0.2, 0) is 4.79 Å². The molecule has 1 aliphatic rings. The summed E-state index contributed by atoms with van der Waals surface area (Å²) in [6, 6.07) is 12.1. The highest BCUT2D eigenvalue weighted by Crippen LogP contribution is 2.28. The number of ether oxygens (including phenoxy) is 3. The van der Waals surface area contributed by atoms with Gasteiger partial charge in [-0.25, -0.2) is 0 Å². The number of esters is 1. The molecule has 0 heterocycles. The maximum atomic E-state index is 12.4. The molecule has 1 saturated carbocycles. The van der Waals surface area contributed by atoms with Crippen LogP contribution in [0.3, 0.4) is 0 Å². The van der Waals surface area contributed by atoms with Crippen molar-refractivity contribution >= 4 is 17.8 Å². The van der Waals surface area contributed by atoms with E-state index in [2.05, 4.69) is 0 Å². The Morgan fingerprint density at radius 2 is 1.59 bits per heavy atom. The standard InChI is InChI=1S/C24H26O5/c1-27-22-15-9-17(16-23(22)28-2)8-14-21(25)18-10-12-20(13-11-18)29-24(26)19-6-4-3-5-7-19/h8-16,19H,3-7H2,1-2H3/b14-8+. The topological polar surface area (TPSA) is 61.8 Å². The number of hydrogen-bond donors (Lipinski definition) is 0. The van der Waals surface area contributed by atoms with E-state index in [4.69, 9.17) is 14.2 Å². The SMILES string of the molecule is COc1ccc(/C=C/C(=O)c2ccc(OC(=O)C3CCCCC3)cc2)cc1OC. The first-order chi connectivity index (χ1) is 14.1. The molecule has 0 N–H and O–H groups in total. The minimum atomic E-state index is -0.169. The van der Waals surface area contributed by atoms with E-state index in [0.717, 1.165) is 31.2 Å². The van der Waals surface area contributed by atoms with Gasteiger partial charge in [-0.3, -0.25) is 9.59 Å². The monoisotopic (exact) mass is 394 g/mol. The third-order valence-corrected chi connectivity index (χ3v) is 5.13. The summed E-state index contributed by atoms with van der Waals surface area (Å²) in [5, 5.41) is 0. The summed E-state index contributed by atoms with van der Waals surface area (Å²) in [5.74, 6) is 1.40. The first kappa shape index (κ1) is 20.6. The van der Waals surface area contributed by atoms with E-state index in [9.17, 15) is 9.59 Å². The van der Waals surface area contributed by atoms with Gasteiger partial charge in [0, 0.05) is 5.56 Å². The smallest absolute Gasteiger partial charge is 0.314 e. The summed E-state index contributed by atoms with van der Waals surface area (Å²) in [7, 11) is 3.14. The van der Waals surface area contributed by atoms with Gasteiger partial charge in [-0.2, -0.15) is 0 Å². The Balaban J connectivity index is 1.61. The minimum absolute atomic E-state index is 0.00511. The molecular weight excluding hydrogens is 368 g/mol. The van der Waals surface area contributed by atoms with Crippen LogP contribution in [-0.4, -0.2) is 26.0 Å². The predicted molar refractivity (Wildman–Crippen MR) is 112 cm³/mol. The van der Waals surface area contributed by atoms with Crippen molar-refractivity contribution in [1.29, 1.82) is 0 Å². The van der Waals surface area contributed by atoms with Crippen LogP contribution in [0.15, 0.2) is 48.5 Å². The van der Waals surface area contributed by atoms with Gasteiger partial charge in [0.2, 0.25) is 0 Å². The van der Waals surface area contributed by atoms with Crippen LogP contribution in [0, 0.1) is 5.92 Å². The van der Waals surface area contributed by atoms with Crippen LogP contribution in [0.4, 0.5) is 0 Å². The Bertz CT molecular complexity index is 877. The van der Waals surface area contributed by atoms with Crippen molar-refractivity contribution in [3.8, 4) is 17.2 Å². The molecule has 0 unspecified atom stereocenters. The van der Waals surface area contributed by atoms with Gasteiger partial charge in [0.25, 0.3) is 0 Å². The second-order valence-corrected chi connectivity index (χ2v) is 7.09. The zero-order valence-corrected chi connectivity index (χ0v) is 16.9.